The molecule has 0 spiro atoms. The molecule has 146 valence electrons. The Morgan fingerprint density at radius 2 is 1.96 bits per heavy atom. The summed E-state index contributed by atoms with van der Waals surface area (Å²) in [5, 5.41) is 20.1. The average molecular weight is 398 g/mol. The van der Waals surface area contributed by atoms with Crippen molar-refractivity contribution in [2.75, 3.05) is 11.1 Å². The van der Waals surface area contributed by atoms with E-state index in [-0.39, 0.29) is 11.7 Å². The van der Waals surface area contributed by atoms with Crippen LogP contribution in [0.5, 0.6) is 0 Å². The zero-order valence-corrected chi connectivity index (χ0v) is 16.8. The topological polar surface area (TPSA) is 90.5 Å². The van der Waals surface area contributed by atoms with Gasteiger partial charge in [0, 0.05) is 6.07 Å². The summed E-state index contributed by atoms with van der Waals surface area (Å²) in [4.78, 5) is 12.5. The number of carbonyl (C=O) groups is 1. The first kappa shape index (κ1) is 18.7. The monoisotopic (exact) mass is 397 g/mol. The van der Waals surface area contributed by atoms with Gasteiger partial charge in [0.15, 0.2) is 0 Å². The van der Waals surface area contributed by atoms with Crippen molar-refractivity contribution in [3.8, 4) is 5.69 Å². The van der Waals surface area contributed by atoms with E-state index >= 15 is 0 Å². The first-order chi connectivity index (χ1) is 13.6. The molecule has 0 aliphatic heterocycles. The molecule has 1 aliphatic carbocycles. The van der Waals surface area contributed by atoms with Crippen molar-refractivity contribution in [2.24, 2.45) is 0 Å². The first-order valence-corrected chi connectivity index (χ1v) is 10.4. The maximum Gasteiger partial charge on any atom is 0.236 e. The Morgan fingerprint density at radius 3 is 2.71 bits per heavy atom. The zero-order chi connectivity index (χ0) is 19.5. The fourth-order valence-electron chi connectivity index (χ4n) is 3.44. The van der Waals surface area contributed by atoms with Crippen molar-refractivity contribution >= 4 is 23.5 Å². The molecule has 0 unspecified atom stereocenters. The van der Waals surface area contributed by atoms with Crippen LogP contribution < -0.4 is 5.32 Å². The van der Waals surface area contributed by atoms with Crippen LogP contribution >= 0.6 is 11.8 Å². The molecule has 0 radical (unpaired) electrons. The Morgan fingerprint density at radius 1 is 1.21 bits per heavy atom. The molecule has 3 aromatic rings. The van der Waals surface area contributed by atoms with E-state index in [4.69, 9.17) is 0 Å². The van der Waals surface area contributed by atoms with E-state index in [1.807, 2.05) is 48.9 Å². The van der Waals surface area contributed by atoms with Crippen molar-refractivity contribution in [3.05, 3.63) is 41.6 Å². The summed E-state index contributed by atoms with van der Waals surface area (Å²) in [6.45, 7) is 3.95. The molecule has 1 fully saturated rings. The third-order valence-corrected chi connectivity index (χ3v) is 5.78. The molecule has 1 aliphatic rings. The number of rotatable bonds is 6. The minimum absolute atomic E-state index is 0.112. The number of benzene rings is 1. The maximum absolute atomic E-state index is 12.5. The molecular formula is C19H23N7OS. The SMILES string of the molecule is Cc1ccc(-n2nc(C)cc2NC(=O)CSc2nnnn2C2CCCC2)cc1. The van der Waals surface area contributed by atoms with Crippen LogP contribution in [0.2, 0.25) is 0 Å². The average Bonchev–Trinajstić information content (AvgIpc) is 3.41. The molecule has 1 aromatic carbocycles. The van der Waals surface area contributed by atoms with Crippen LogP contribution in [0.25, 0.3) is 5.69 Å². The van der Waals surface area contributed by atoms with E-state index in [2.05, 4.69) is 25.9 Å². The van der Waals surface area contributed by atoms with Gasteiger partial charge < -0.3 is 5.32 Å². The minimum Gasteiger partial charge on any atom is -0.310 e. The van der Waals surface area contributed by atoms with E-state index in [0.29, 0.717) is 17.0 Å². The molecule has 4 rings (SSSR count). The van der Waals surface area contributed by atoms with Crippen LogP contribution in [0.15, 0.2) is 35.5 Å². The molecule has 28 heavy (non-hydrogen) atoms. The van der Waals surface area contributed by atoms with Crippen molar-refractivity contribution in [2.45, 2.75) is 50.7 Å². The number of hydrogen-bond donors (Lipinski definition) is 1. The normalized spacial score (nSPS) is 14.5. The molecular weight excluding hydrogens is 374 g/mol. The van der Waals surface area contributed by atoms with Crippen LogP contribution in [0.4, 0.5) is 5.82 Å². The Bertz CT molecular complexity index is 957. The predicted octanol–water partition coefficient (Wildman–Crippen LogP) is 3.32. The van der Waals surface area contributed by atoms with Gasteiger partial charge >= 0.3 is 0 Å². The van der Waals surface area contributed by atoms with Crippen LogP contribution in [0.3, 0.4) is 0 Å². The van der Waals surface area contributed by atoms with Gasteiger partial charge in [0.2, 0.25) is 11.1 Å². The highest BCUT2D eigenvalue weighted by Gasteiger charge is 2.22. The fourth-order valence-corrected chi connectivity index (χ4v) is 4.18. The van der Waals surface area contributed by atoms with E-state index < -0.39 is 0 Å². The van der Waals surface area contributed by atoms with Gasteiger partial charge in [-0.3, -0.25) is 4.79 Å². The van der Waals surface area contributed by atoms with Gasteiger partial charge in [-0.2, -0.15) is 5.10 Å². The third-order valence-electron chi connectivity index (χ3n) is 4.84. The van der Waals surface area contributed by atoms with E-state index in [0.717, 1.165) is 24.2 Å². The van der Waals surface area contributed by atoms with Crippen LogP contribution in [-0.4, -0.2) is 41.6 Å². The number of tetrazole rings is 1. The molecule has 1 amide bonds. The predicted molar refractivity (Wildman–Crippen MR) is 108 cm³/mol. The van der Waals surface area contributed by atoms with Crippen LogP contribution in [0, 0.1) is 13.8 Å². The van der Waals surface area contributed by atoms with Crippen molar-refractivity contribution in [1.29, 1.82) is 0 Å². The summed E-state index contributed by atoms with van der Waals surface area (Å²) in [5.41, 5.74) is 2.93. The lowest BCUT2D eigenvalue weighted by Crippen LogP contribution is -2.17. The minimum atomic E-state index is -0.112. The summed E-state index contributed by atoms with van der Waals surface area (Å²) in [7, 11) is 0. The summed E-state index contributed by atoms with van der Waals surface area (Å²) < 4.78 is 3.62. The largest absolute Gasteiger partial charge is 0.310 e. The fraction of sp³-hybridized carbons (Fsp3) is 0.421. The highest BCUT2D eigenvalue weighted by molar-refractivity contribution is 7.99. The molecule has 0 saturated heterocycles. The quantitative estimate of drug-likeness (QED) is 0.642. The highest BCUT2D eigenvalue weighted by Crippen LogP contribution is 2.31. The smallest absolute Gasteiger partial charge is 0.236 e. The van der Waals surface area contributed by atoms with Gasteiger partial charge in [-0.05, 0) is 49.2 Å². The van der Waals surface area contributed by atoms with Gasteiger partial charge in [-0.25, -0.2) is 9.36 Å². The van der Waals surface area contributed by atoms with Crippen molar-refractivity contribution < 1.29 is 4.79 Å². The summed E-state index contributed by atoms with van der Waals surface area (Å²) >= 11 is 1.36. The van der Waals surface area contributed by atoms with Gasteiger partial charge in [-0.1, -0.05) is 42.3 Å². The number of thioether (sulfide) groups is 1. The summed E-state index contributed by atoms with van der Waals surface area (Å²) in [6.07, 6.45) is 4.61. The Hall–Kier alpha value is -2.68. The van der Waals surface area contributed by atoms with Crippen LogP contribution in [-0.2, 0) is 4.79 Å². The lowest BCUT2D eigenvalue weighted by molar-refractivity contribution is -0.113. The molecule has 9 heteroatoms. The number of hydrogen-bond acceptors (Lipinski definition) is 6. The second kappa shape index (κ2) is 8.14. The Balaban J connectivity index is 1.42. The molecule has 2 heterocycles. The van der Waals surface area contributed by atoms with Gasteiger partial charge in [0.1, 0.15) is 5.82 Å². The number of aryl methyl sites for hydroxylation is 2. The molecule has 8 nitrogen and oxygen atoms in total. The molecule has 1 N–H and O–H groups in total. The summed E-state index contributed by atoms with van der Waals surface area (Å²) in [6, 6.07) is 10.2. The van der Waals surface area contributed by atoms with Gasteiger partial charge in [-0.15, -0.1) is 5.10 Å². The Kier molecular flexibility index (Phi) is 5.43. The molecule has 0 bridgehead atoms. The number of nitrogens with zero attached hydrogens (tertiary/aromatic N) is 6. The molecule has 2 aromatic heterocycles. The first-order valence-electron chi connectivity index (χ1n) is 9.44. The lowest BCUT2D eigenvalue weighted by atomic mass is 10.2. The van der Waals surface area contributed by atoms with Crippen molar-refractivity contribution in [3.63, 3.8) is 0 Å². The van der Waals surface area contributed by atoms with E-state index in [9.17, 15) is 4.79 Å². The number of aromatic nitrogens is 6. The number of nitrogens with one attached hydrogen (secondary N) is 1. The lowest BCUT2D eigenvalue weighted by Gasteiger charge is -2.11. The van der Waals surface area contributed by atoms with Gasteiger partial charge in [0.05, 0.1) is 23.2 Å². The van der Waals surface area contributed by atoms with Gasteiger partial charge in [0.25, 0.3) is 0 Å². The van der Waals surface area contributed by atoms with Crippen LogP contribution in [0.1, 0.15) is 43.0 Å². The van der Waals surface area contributed by atoms with E-state index in [1.165, 1.54) is 30.2 Å². The summed E-state index contributed by atoms with van der Waals surface area (Å²) in [5.74, 6) is 0.784. The maximum atomic E-state index is 12.5. The number of amides is 1. The standard InChI is InChI=1S/C19H23N7OS/c1-13-7-9-16(10-8-13)25-17(11-14(2)22-25)20-18(27)12-28-19-21-23-24-26(19)15-5-3-4-6-15/h7-11,15H,3-6,12H2,1-2H3,(H,20,27). The second-order valence-corrected chi connectivity index (χ2v) is 8.04. The molecule has 1 saturated carbocycles. The second-order valence-electron chi connectivity index (χ2n) is 7.10. The number of carbonyl (C=O) groups excluding carboxylic acids is 1. The zero-order valence-electron chi connectivity index (χ0n) is 16.0. The van der Waals surface area contributed by atoms with E-state index in [1.54, 1.807) is 4.68 Å². The van der Waals surface area contributed by atoms with Crippen molar-refractivity contribution in [1.82, 2.24) is 30.0 Å². The Labute approximate surface area is 167 Å². The third kappa shape index (κ3) is 4.09. The highest BCUT2D eigenvalue weighted by atomic mass is 32.2. The molecule has 0 atom stereocenters. The number of anilines is 1.